The number of nitriles is 1. The highest BCUT2D eigenvalue weighted by Crippen LogP contribution is 2.04. The summed E-state index contributed by atoms with van der Waals surface area (Å²) in [5.74, 6) is -1.04. The third-order valence-electron chi connectivity index (χ3n) is 2.06. The van der Waals surface area contributed by atoms with Crippen molar-refractivity contribution in [1.82, 2.24) is 9.88 Å². The minimum absolute atomic E-state index is 0.175. The summed E-state index contributed by atoms with van der Waals surface area (Å²) in [5.41, 5.74) is 0.175. The molecule has 0 aliphatic carbocycles. The van der Waals surface area contributed by atoms with Crippen molar-refractivity contribution >= 4 is 5.91 Å². The van der Waals surface area contributed by atoms with Crippen molar-refractivity contribution in [3.8, 4) is 6.07 Å². The van der Waals surface area contributed by atoms with Gasteiger partial charge in [0.2, 0.25) is 0 Å². The Hall–Kier alpha value is -1.96. The molecule has 0 bridgehead atoms. The summed E-state index contributed by atoms with van der Waals surface area (Å²) in [4.78, 5) is 16.8. The summed E-state index contributed by atoms with van der Waals surface area (Å²) in [6.45, 7) is 2.05. The molecule has 0 fully saturated rings. The number of carbonyl (C=O) groups is 1. The molecule has 1 rings (SSSR count). The minimum atomic E-state index is -0.482. The van der Waals surface area contributed by atoms with Gasteiger partial charge in [-0.3, -0.25) is 4.79 Å². The first-order valence-corrected chi connectivity index (χ1v) is 4.81. The van der Waals surface area contributed by atoms with Crippen LogP contribution < -0.4 is 0 Å². The van der Waals surface area contributed by atoms with E-state index >= 15 is 0 Å². The van der Waals surface area contributed by atoms with E-state index in [9.17, 15) is 9.18 Å². The number of pyridine rings is 1. The van der Waals surface area contributed by atoms with E-state index in [1.807, 2.05) is 6.07 Å². The van der Waals surface area contributed by atoms with Crippen LogP contribution in [-0.2, 0) is 0 Å². The van der Waals surface area contributed by atoms with Crippen LogP contribution in [0.3, 0.4) is 0 Å². The number of rotatable bonds is 3. The third-order valence-corrected chi connectivity index (χ3v) is 2.06. The fraction of sp³-hybridized carbons (Fsp3) is 0.364. The Morgan fingerprint density at radius 3 is 2.88 bits per heavy atom. The van der Waals surface area contributed by atoms with Crippen molar-refractivity contribution < 1.29 is 9.18 Å². The van der Waals surface area contributed by atoms with Gasteiger partial charge in [-0.1, -0.05) is 0 Å². The number of aromatic nitrogens is 1. The summed E-state index contributed by atoms with van der Waals surface area (Å²) >= 11 is 0. The van der Waals surface area contributed by atoms with Crippen molar-refractivity contribution in [3.05, 3.63) is 29.8 Å². The second kappa shape index (κ2) is 5.21. The minimum Gasteiger partial charge on any atom is -0.339 e. The van der Waals surface area contributed by atoms with E-state index in [0.717, 1.165) is 6.20 Å². The topological polar surface area (TPSA) is 57.0 Å². The van der Waals surface area contributed by atoms with E-state index in [4.69, 9.17) is 5.26 Å². The van der Waals surface area contributed by atoms with Crippen LogP contribution in [0.4, 0.5) is 4.39 Å². The molecular weight excluding hydrogens is 209 g/mol. The first-order valence-electron chi connectivity index (χ1n) is 4.81. The average molecular weight is 221 g/mol. The summed E-state index contributed by atoms with van der Waals surface area (Å²) in [6, 6.07) is 4.54. The molecule has 5 heteroatoms. The lowest BCUT2D eigenvalue weighted by atomic mass is 10.2. The van der Waals surface area contributed by atoms with Crippen LogP contribution in [0, 0.1) is 23.1 Å². The monoisotopic (exact) mass is 221 g/mol. The summed E-state index contributed by atoms with van der Waals surface area (Å²) in [5, 5.41) is 8.62. The van der Waals surface area contributed by atoms with E-state index in [0.29, 0.717) is 6.54 Å². The Morgan fingerprint density at radius 1 is 1.69 bits per heavy atom. The maximum absolute atomic E-state index is 12.6. The number of hydrogen-bond donors (Lipinski definition) is 0. The predicted molar refractivity (Wildman–Crippen MR) is 55.9 cm³/mol. The van der Waals surface area contributed by atoms with Crippen LogP contribution in [0.1, 0.15) is 17.4 Å². The Labute approximate surface area is 93.3 Å². The zero-order valence-electron chi connectivity index (χ0n) is 9.14. The predicted octanol–water partition coefficient (Wildman–Crippen LogP) is 1.45. The molecule has 4 nitrogen and oxygen atoms in total. The Balaban J connectivity index is 2.71. The maximum atomic E-state index is 12.6. The molecule has 84 valence electrons. The van der Waals surface area contributed by atoms with E-state index in [2.05, 4.69) is 4.98 Å². The molecule has 0 aliphatic heterocycles. The number of amides is 1. The molecule has 0 aromatic carbocycles. The van der Waals surface area contributed by atoms with Gasteiger partial charge in [0.1, 0.15) is 11.5 Å². The molecule has 16 heavy (non-hydrogen) atoms. The lowest BCUT2D eigenvalue weighted by Gasteiger charge is -2.17. The first-order chi connectivity index (χ1) is 7.54. The van der Waals surface area contributed by atoms with Gasteiger partial charge < -0.3 is 4.90 Å². The van der Waals surface area contributed by atoms with Gasteiger partial charge in [0.25, 0.3) is 5.91 Å². The van der Waals surface area contributed by atoms with Gasteiger partial charge in [0.15, 0.2) is 0 Å². The molecule has 1 unspecified atom stereocenters. The lowest BCUT2D eigenvalue weighted by molar-refractivity contribution is 0.0779. The first kappa shape index (κ1) is 12.1. The Kier molecular flexibility index (Phi) is 3.95. The second-order valence-electron chi connectivity index (χ2n) is 3.58. The molecular formula is C11H12FN3O. The van der Waals surface area contributed by atoms with Gasteiger partial charge in [-0.25, -0.2) is 9.37 Å². The molecule has 1 aromatic rings. The normalized spacial score (nSPS) is 11.6. The molecule has 1 aromatic heterocycles. The molecule has 0 saturated heterocycles. The Morgan fingerprint density at radius 2 is 2.38 bits per heavy atom. The van der Waals surface area contributed by atoms with E-state index in [-0.39, 0.29) is 17.5 Å². The van der Waals surface area contributed by atoms with E-state index in [1.54, 1.807) is 14.0 Å². The molecule has 0 aliphatic rings. The Bertz CT molecular complexity index is 410. The highest BCUT2D eigenvalue weighted by molar-refractivity contribution is 5.92. The summed E-state index contributed by atoms with van der Waals surface area (Å²) in [6.07, 6.45) is 0.995. The lowest BCUT2D eigenvalue weighted by Crippen LogP contribution is -2.31. The average Bonchev–Trinajstić information content (AvgIpc) is 2.28. The maximum Gasteiger partial charge on any atom is 0.272 e. The molecule has 0 N–H and O–H groups in total. The fourth-order valence-corrected chi connectivity index (χ4v) is 1.23. The smallest absolute Gasteiger partial charge is 0.272 e. The van der Waals surface area contributed by atoms with Gasteiger partial charge in [0.05, 0.1) is 18.2 Å². The highest BCUT2D eigenvalue weighted by atomic mass is 19.1. The second-order valence-corrected chi connectivity index (χ2v) is 3.58. The SMILES string of the molecule is CC(C#N)CN(C)C(=O)c1ccc(F)cn1. The van der Waals surface area contributed by atoms with Crippen LogP contribution in [0.15, 0.2) is 18.3 Å². The van der Waals surface area contributed by atoms with Crippen LogP contribution in [-0.4, -0.2) is 29.4 Å². The molecule has 1 heterocycles. The van der Waals surface area contributed by atoms with Crippen molar-refractivity contribution in [3.63, 3.8) is 0 Å². The van der Waals surface area contributed by atoms with Crippen molar-refractivity contribution in [2.24, 2.45) is 5.92 Å². The van der Waals surface area contributed by atoms with Gasteiger partial charge in [0, 0.05) is 13.6 Å². The van der Waals surface area contributed by atoms with Crippen molar-refractivity contribution in [2.45, 2.75) is 6.92 Å². The van der Waals surface area contributed by atoms with Crippen LogP contribution in [0.5, 0.6) is 0 Å². The van der Waals surface area contributed by atoms with Gasteiger partial charge in [-0.05, 0) is 19.1 Å². The summed E-state index contributed by atoms with van der Waals surface area (Å²) < 4.78 is 12.6. The standard InChI is InChI=1S/C11H12FN3O/c1-8(5-13)7-15(2)11(16)10-4-3-9(12)6-14-10/h3-4,6,8H,7H2,1-2H3. The van der Waals surface area contributed by atoms with Crippen LogP contribution in [0.2, 0.25) is 0 Å². The molecule has 1 amide bonds. The molecule has 1 atom stereocenters. The van der Waals surface area contributed by atoms with Crippen molar-refractivity contribution in [1.29, 1.82) is 5.26 Å². The fourth-order valence-electron chi connectivity index (χ4n) is 1.23. The van der Waals surface area contributed by atoms with E-state index in [1.165, 1.54) is 17.0 Å². The number of halogens is 1. The molecule has 0 radical (unpaired) electrons. The van der Waals surface area contributed by atoms with Gasteiger partial charge >= 0.3 is 0 Å². The zero-order chi connectivity index (χ0) is 12.1. The third kappa shape index (κ3) is 3.02. The number of carbonyl (C=O) groups excluding carboxylic acids is 1. The molecule has 0 spiro atoms. The highest BCUT2D eigenvalue weighted by Gasteiger charge is 2.15. The van der Waals surface area contributed by atoms with Gasteiger partial charge in [-0.2, -0.15) is 5.26 Å². The van der Waals surface area contributed by atoms with Crippen LogP contribution >= 0.6 is 0 Å². The summed E-state index contributed by atoms with van der Waals surface area (Å²) in [7, 11) is 1.58. The van der Waals surface area contributed by atoms with E-state index < -0.39 is 5.82 Å². The van der Waals surface area contributed by atoms with Crippen LogP contribution in [0.25, 0.3) is 0 Å². The quantitative estimate of drug-likeness (QED) is 0.776. The zero-order valence-corrected chi connectivity index (χ0v) is 9.14. The largest absolute Gasteiger partial charge is 0.339 e. The number of hydrogen-bond acceptors (Lipinski definition) is 3. The van der Waals surface area contributed by atoms with Gasteiger partial charge in [-0.15, -0.1) is 0 Å². The molecule has 0 saturated carbocycles. The van der Waals surface area contributed by atoms with Crippen molar-refractivity contribution in [2.75, 3.05) is 13.6 Å². The number of nitrogens with zero attached hydrogens (tertiary/aromatic N) is 3.